The zero-order valence-corrected chi connectivity index (χ0v) is 24.0. The maximum atomic E-state index is 14.1. The quantitative estimate of drug-likeness (QED) is 0.502. The molecule has 2 aromatic rings. The van der Waals surface area contributed by atoms with Crippen molar-refractivity contribution in [3.8, 4) is 5.75 Å². The second-order valence-electron chi connectivity index (χ2n) is 11.7. The molecule has 0 bridgehead atoms. The van der Waals surface area contributed by atoms with Crippen LogP contribution >= 0.6 is 0 Å². The van der Waals surface area contributed by atoms with Crippen LogP contribution in [0.15, 0.2) is 24.3 Å². The summed E-state index contributed by atoms with van der Waals surface area (Å²) in [4.78, 5) is 30.3. The molecule has 1 N–H and O–H groups in total. The van der Waals surface area contributed by atoms with Gasteiger partial charge in [0.2, 0.25) is 0 Å². The van der Waals surface area contributed by atoms with Crippen LogP contribution in [0.4, 0.5) is 13.6 Å². The smallest absolute Gasteiger partial charge is 0.410 e. The molecule has 1 aromatic heterocycles. The fourth-order valence-electron chi connectivity index (χ4n) is 4.95. The Morgan fingerprint density at radius 3 is 2.50 bits per heavy atom. The molecule has 2 amide bonds. The molecule has 10 nitrogen and oxygen atoms in total. The Morgan fingerprint density at radius 1 is 1.25 bits per heavy atom. The van der Waals surface area contributed by atoms with Crippen molar-refractivity contribution in [3.63, 3.8) is 0 Å². The molecule has 4 rings (SSSR count). The fraction of sp³-hybridized carbons (Fsp3) is 0.607. The van der Waals surface area contributed by atoms with Gasteiger partial charge in [0.05, 0.1) is 25.7 Å². The Hall–Kier alpha value is -3.25. The second-order valence-corrected chi connectivity index (χ2v) is 11.7. The van der Waals surface area contributed by atoms with E-state index in [1.165, 1.54) is 12.1 Å². The number of ether oxygens (including phenoxy) is 4. The summed E-state index contributed by atoms with van der Waals surface area (Å²) in [6.07, 6.45) is -0.361. The number of H-pyrrole nitrogens is 1. The summed E-state index contributed by atoms with van der Waals surface area (Å²) in [5.74, 6) is -1.12. The normalized spacial score (nSPS) is 21.2. The lowest BCUT2D eigenvalue weighted by atomic mass is 9.99. The third-order valence-corrected chi connectivity index (χ3v) is 6.93. The molecule has 0 spiro atoms. The van der Waals surface area contributed by atoms with E-state index in [1.807, 2.05) is 13.8 Å². The van der Waals surface area contributed by atoms with Crippen LogP contribution in [0.1, 0.15) is 81.8 Å². The van der Waals surface area contributed by atoms with Gasteiger partial charge in [0.25, 0.3) is 5.91 Å². The van der Waals surface area contributed by atoms with E-state index in [0.717, 1.165) is 5.69 Å². The highest BCUT2D eigenvalue weighted by Gasteiger charge is 2.39. The van der Waals surface area contributed by atoms with E-state index in [1.54, 1.807) is 56.6 Å². The Morgan fingerprint density at radius 2 is 1.93 bits per heavy atom. The monoisotopic (exact) mass is 564 g/mol. The van der Waals surface area contributed by atoms with Crippen molar-refractivity contribution in [2.75, 3.05) is 13.2 Å². The number of hydrogen-bond acceptors (Lipinski definition) is 7. The number of nitrogens with zero attached hydrogens (tertiary/aromatic N) is 3. The van der Waals surface area contributed by atoms with Crippen LogP contribution in [0.2, 0.25) is 0 Å². The third-order valence-electron chi connectivity index (χ3n) is 6.93. The molecule has 40 heavy (non-hydrogen) atoms. The molecule has 3 atom stereocenters. The lowest BCUT2D eigenvalue weighted by Crippen LogP contribution is -2.46. The predicted molar refractivity (Wildman–Crippen MR) is 141 cm³/mol. The summed E-state index contributed by atoms with van der Waals surface area (Å²) < 4.78 is 47.1. The topological polar surface area (TPSA) is 106 Å². The standard InChI is InChI=1S/C28H38F2N4O6/c1-16-12-22-21(14-33(16)26(36)40-27(3,4)5)23(32-31-22)24(35)34(13-20-15-37-28(6,7)39-20)17(2)18-8-10-19(11-9-18)38-25(29)30/h8-11,16-17,20,25H,12-15H2,1-7H3,(H,31,32)/t16-,17+,20-/m1/s1. The van der Waals surface area contributed by atoms with E-state index < -0.39 is 36.2 Å². The number of amides is 2. The van der Waals surface area contributed by atoms with Gasteiger partial charge in [0, 0.05) is 23.7 Å². The number of hydrogen-bond donors (Lipinski definition) is 1. The van der Waals surface area contributed by atoms with Crippen LogP contribution in [0.5, 0.6) is 5.75 Å². The van der Waals surface area contributed by atoms with Crippen molar-refractivity contribution in [2.24, 2.45) is 0 Å². The highest BCUT2D eigenvalue weighted by atomic mass is 19.3. The Labute approximate surface area is 232 Å². The summed E-state index contributed by atoms with van der Waals surface area (Å²) in [5, 5.41) is 7.37. The molecule has 1 saturated heterocycles. The Balaban J connectivity index is 1.62. The van der Waals surface area contributed by atoms with Gasteiger partial charge >= 0.3 is 12.7 Å². The number of nitrogens with one attached hydrogen (secondary N) is 1. The first kappa shape index (κ1) is 29.7. The summed E-state index contributed by atoms with van der Waals surface area (Å²) in [7, 11) is 0. The van der Waals surface area contributed by atoms with Crippen molar-refractivity contribution in [1.29, 1.82) is 0 Å². The van der Waals surface area contributed by atoms with E-state index in [0.29, 0.717) is 24.2 Å². The molecule has 0 aliphatic carbocycles. The van der Waals surface area contributed by atoms with Gasteiger partial charge in [-0.05, 0) is 66.2 Å². The molecule has 2 aliphatic rings. The van der Waals surface area contributed by atoms with Gasteiger partial charge in [-0.3, -0.25) is 9.89 Å². The summed E-state index contributed by atoms with van der Waals surface area (Å²) in [6.45, 7) is 10.5. The molecule has 1 fully saturated rings. The molecular weight excluding hydrogens is 526 g/mol. The lowest BCUT2D eigenvalue weighted by molar-refractivity contribution is -0.140. The van der Waals surface area contributed by atoms with Gasteiger partial charge in [0.15, 0.2) is 11.5 Å². The number of halogens is 2. The SMILES string of the molecule is C[C@@H]1Cc2[nH]nc(C(=O)N(C[C@@H]3COC(C)(C)O3)[C@@H](C)c3ccc(OC(F)F)cc3)c2CN1C(=O)OC(C)(C)C. The van der Waals surface area contributed by atoms with Crippen LogP contribution in [-0.4, -0.2) is 75.3 Å². The molecule has 2 aliphatic heterocycles. The maximum Gasteiger partial charge on any atom is 0.410 e. The Bertz CT molecular complexity index is 1210. The first-order valence-electron chi connectivity index (χ1n) is 13.4. The van der Waals surface area contributed by atoms with Gasteiger partial charge in [-0.25, -0.2) is 4.79 Å². The van der Waals surface area contributed by atoms with E-state index >= 15 is 0 Å². The molecule has 3 heterocycles. The molecule has 0 unspecified atom stereocenters. The van der Waals surface area contributed by atoms with Crippen LogP contribution in [0, 0.1) is 0 Å². The molecule has 1 aromatic carbocycles. The first-order chi connectivity index (χ1) is 18.6. The zero-order valence-electron chi connectivity index (χ0n) is 24.0. The van der Waals surface area contributed by atoms with Gasteiger partial charge in [-0.15, -0.1) is 0 Å². The Kier molecular flexibility index (Phi) is 8.41. The summed E-state index contributed by atoms with van der Waals surface area (Å²) in [5.41, 5.74) is 1.68. The lowest BCUT2D eigenvalue weighted by Gasteiger charge is -2.35. The molecule has 0 saturated carbocycles. The van der Waals surface area contributed by atoms with Crippen molar-refractivity contribution >= 4 is 12.0 Å². The average molecular weight is 565 g/mol. The van der Waals surface area contributed by atoms with Crippen LogP contribution in [-0.2, 0) is 27.2 Å². The van der Waals surface area contributed by atoms with Crippen LogP contribution in [0.25, 0.3) is 0 Å². The van der Waals surface area contributed by atoms with Crippen molar-refractivity contribution in [3.05, 3.63) is 46.8 Å². The van der Waals surface area contributed by atoms with Gasteiger partial charge in [-0.2, -0.15) is 13.9 Å². The second kappa shape index (κ2) is 11.3. The fourth-order valence-corrected chi connectivity index (χ4v) is 4.95. The van der Waals surface area contributed by atoms with Gasteiger partial charge in [0.1, 0.15) is 17.5 Å². The van der Waals surface area contributed by atoms with E-state index in [-0.39, 0.29) is 36.5 Å². The maximum absolute atomic E-state index is 14.1. The highest BCUT2D eigenvalue weighted by molar-refractivity contribution is 5.94. The van der Waals surface area contributed by atoms with Crippen molar-refractivity contribution in [1.82, 2.24) is 20.0 Å². The molecule has 12 heteroatoms. The van der Waals surface area contributed by atoms with E-state index in [9.17, 15) is 18.4 Å². The minimum Gasteiger partial charge on any atom is -0.444 e. The average Bonchev–Trinajstić information content (AvgIpc) is 3.41. The number of benzene rings is 1. The number of aromatic nitrogens is 2. The number of alkyl halides is 2. The predicted octanol–water partition coefficient (Wildman–Crippen LogP) is 5.05. The number of fused-ring (bicyclic) bond motifs is 1. The zero-order chi connectivity index (χ0) is 29.4. The van der Waals surface area contributed by atoms with E-state index in [4.69, 9.17) is 14.2 Å². The van der Waals surface area contributed by atoms with Gasteiger partial charge < -0.3 is 28.7 Å². The minimum atomic E-state index is -2.93. The summed E-state index contributed by atoms with van der Waals surface area (Å²) >= 11 is 0. The number of carbonyl (C=O) groups excluding carboxylic acids is 2. The van der Waals surface area contributed by atoms with Crippen molar-refractivity contribution < 1.29 is 37.3 Å². The number of rotatable bonds is 7. The summed E-state index contributed by atoms with van der Waals surface area (Å²) in [6, 6.07) is 5.54. The van der Waals surface area contributed by atoms with Gasteiger partial charge in [-0.1, -0.05) is 12.1 Å². The largest absolute Gasteiger partial charge is 0.444 e. The number of aromatic amines is 1. The highest BCUT2D eigenvalue weighted by Crippen LogP contribution is 2.32. The number of carbonyl (C=O) groups is 2. The first-order valence-corrected chi connectivity index (χ1v) is 13.4. The molecular formula is C28H38F2N4O6. The van der Waals surface area contributed by atoms with Crippen LogP contribution < -0.4 is 4.74 Å². The van der Waals surface area contributed by atoms with Crippen LogP contribution in [0.3, 0.4) is 0 Å². The molecule has 0 radical (unpaired) electrons. The third kappa shape index (κ3) is 6.90. The van der Waals surface area contributed by atoms with Crippen molar-refractivity contribution in [2.45, 2.75) is 97.6 Å². The van der Waals surface area contributed by atoms with E-state index in [2.05, 4.69) is 14.9 Å². The minimum absolute atomic E-state index is 0.0239. The molecule has 220 valence electrons.